The SMILES string of the molecule is CO[C@@H]1O[C@@H](COC(C)=O)[C@@H]2OC(C)(C)O[C@H]12. The summed E-state index contributed by atoms with van der Waals surface area (Å²) in [7, 11) is 1.55. The molecule has 0 amide bonds. The molecule has 6 heteroatoms. The summed E-state index contributed by atoms with van der Waals surface area (Å²) in [4.78, 5) is 10.8. The smallest absolute Gasteiger partial charge is 0.302 e. The average Bonchev–Trinajstić information content (AvgIpc) is 2.68. The molecule has 0 aromatic heterocycles. The Hall–Kier alpha value is -0.690. The zero-order valence-corrected chi connectivity index (χ0v) is 10.5. The van der Waals surface area contributed by atoms with Crippen molar-refractivity contribution in [3.63, 3.8) is 0 Å². The van der Waals surface area contributed by atoms with E-state index in [2.05, 4.69) is 0 Å². The molecule has 17 heavy (non-hydrogen) atoms. The molecule has 0 aliphatic carbocycles. The van der Waals surface area contributed by atoms with Crippen LogP contribution in [0.5, 0.6) is 0 Å². The third kappa shape index (κ3) is 2.60. The number of esters is 1. The number of carbonyl (C=O) groups is 1. The second-order valence-corrected chi connectivity index (χ2v) is 4.65. The van der Waals surface area contributed by atoms with E-state index in [4.69, 9.17) is 23.7 Å². The summed E-state index contributed by atoms with van der Waals surface area (Å²) in [5.41, 5.74) is 0. The van der Waals surface area contributed by atoms with Crippen LogP contribution in [0.4, 0.5) is 0 Å². The number of methoxy groups -OCH3 is 1. The second kappa shape index (κ2) is 4.53. The van der Waals surface area contributed by atoms with E-state index in [1.165, 1.54) is 6.92 Å². The van der Waals surface area contributed by atoms with Crippen molar-refractivity contribution in [2.75, 3.05) is 13.7 Å². The quantitative estimate of drug-likeness (QED) is 0.673. The van der Waals surface area contributed by atoms with Crippen LogP contribution in [-0.4, -0.2) is 50.1 Å². The van der Waals surface area contributed by atoms with Crippen LogP contribution in [0, 0.1) is 0 Å². The first kappa shape index (κ1) is 12.8. The fraction of sp³-hybridized carbons (Fsp3) is 0.909. The van der Waals surface area contributed by atoms with Crippen molar-refractivity contribution in [2.24, 2.45) is 0 Å². The first-order valence-corrected chi connectivity index (χ1v) is 5.60. The monoisotopic (exact) mass is 246 g/mol. The molecule has 6 nitrogen and oxygen atoms in total. The second-order valence-electron chi connectivity index (χ2n) is 4.65. The first-order chi connectivity index (χ1) is 7.93. The number of carbonyl (C=O) groups excluding carboxylic acids is 1. The highest BCUT2D eigenvalue weighted by Crippen LogP contribution is 2.38. The number of hydrogen-bond acceptors (Lipinski definition) is 6. The predicted molar refractivity (Wildman–Crippen MR) is 56.1 cm³/mol. The first-order valence-electron chi connectivity index (χ1n) is 5.60. The molecule has 0 aromatic carbocycles. The van der Waals surface area contributed by atoms with Gasteiger partial charge < -0.3 is 23.7 Å². The van der Waals surface area contributed by atoms with Gasteiger partial charge in [-0.05, 0) is 13.8 Å². The zero-order chi connectivity index (χ0) is 12.6. The minimum Gasteiger partial charge on any atom is -0.463 e. The van der Waals surface area contributed by atoms with E-state index in [1.54, 1.807) is 7.11 Å². The molecule has 0 aromatic rings. The van der Waals surface area contributed by atoms with Gasteiger partial charge in [-0.2, -0.15) is 0 Å². The summed E-state index contributed by atoms with van der Waals surface area (Å²) in [5.74, 6) is -1.01. The lowest BCUT2D eigenvalue weighted by molar-refractivity contribution is -0.231. The maximum absolute atomic E-state index is 10.8. The molecule has 0 unspecified atom stereocenters. The lowest BCUT2D eigenvalue weighted by Crippen LogP contribution is -2.33. The van der Waals surface area contributed by atoms with Gasteiger partial charge in [0.15, 0.2) is 12.1 Å². The fourth-order valence-corrected chi connectivity index (χ4v) is 2.17. The third-order valence-corrected chi connectivity index (χ3v) is 2.79. The summed E-state index contributed by atoms with van der Waals surface area (Å²) in [5, 5.41) is 0. The van der Waals surface area contributed by atoms with Crippen LogP contribution >= 0.6 is 0 Å². The topological polar surface area (TPSA) is 63.2 Å². The Labute approximate surface area is 100 Å². The van der Waals surface area contributed by atoms with Crippen LogP contribution in [0.3, 0.4) is 0 Å². The maximum atomic E-state index is 10.8. The molecule has 2 rings (SSSR count). The minimum absolute atomic E-state index is 0.149. The van der Waals surface area contributed by atoms with Gasteiger partial charge in [0, 0.05) is 14.0 Å². The lowest BCUT2D eigenvalue weighted by Gasteiger charge is -2.23. The molecular formula is C11H18O6. The van der Waals surface area contributed by atoms with Gasteiger partial charge in [0.2, 0.25) is 0 Å². The van der Waals surface area contributed by atoms with Gasteiger partial charge in [0.1, 0.15) is 24.9 Å². The number of ether oxygens (including phenoxy) is 5. The largest absolute Gasteiger partial charge is 0.463 e. The molecule has 98 valence electrons. The van der Waals surface area contributed by atoms with Crippen molar-refractivity contribution < 1.29 is 28.5 Å². The molecule has 4 atom stereocenters. The van der Waals surface area contributed by atoms with Gasteiger partial charge in [0.05, 0.1) is 0 Å². The van der Waals surface area contributed by atoms with Crippen molar-refractivity contribution in [3.05, 3.63) is 0 Å². The highest BCUT2D eigenvalue weighted by atomic mass is 16.8. The van der Waals surface area contributed by atoms with Gasteiger partial charge in [0.25, 0.3) is 0 Å². The summed E-state index contributed by atoms with van der Waals surface area (Å²) in [6.07, 6.45) is -1.39. The van der Waals surface area contributed by atoms with E-state index in [1.807, 2.05) is 13.8 Å². The molecule has 2 fully saturated rings. The number of hydrogen-bond donors (Lipinski definition) is 0. The third-order valence-electron chi connectivity index (χ3n) is 2.79. The summed E-state index contributed by atoms with van der Waals surface area (Å²) in [6.45, 7) is 5.17. The Bertz CT molecular complexity index is 302. The van der Waals surface area contributed by atoms with Crippen molar-refractivity contribution in [1.29, 1.82) is 0 Å². The number of fused-ring (bicyclic) bond motifs is 1. The highest BCUT2D eigenvalue weighted by molar-refractivity contribution is 5.65. The van der Waals surface area contributed by atoms with Crippen LogP contribution in [0.1, 0.15) is 20.8 Å². The summed E-state index contributed by atoms with van der Waals surface area (Å²) >= 11 is 0. The molecule has 0 N–H and O–H groups in total. The highest BCUT2D eigenvalue weighted by Gasteiger charge is 2.55. The van der Waals surface area contributed by atoms with Crippen LogP contribution < -0.4 is 0 Å². The zero-order valence-electron chi connectivity index (χ0n) is 10.5. The predicted octanol–water partition coefficient (Wildman–Crippen LogP) is 0.441. The Morgan fingerprint density at radius 3 is 2.53 bits per heavy atom. The van der Waals surface area contributed by atoms with Crippen molar-refractivity contribution >= 4 is 5.97 Å². The van der Waals surface area contributed by atoms with Gasteiger partial charge in [-0.1, -0.05) is 0 Å². The van der Waals surface area contributed by atoms with E-state index in [9.17, 15) is 4.79 Å². The molecule has 2 aliphatic rings. The van der Waals surface area contributed by atoms with Crippen LogP contribution in [-0.2, 0) is 28.5 Å². The lowest BCUT2D eigenvalue weighted by atomic mass is 10.1. The van der Waals surface area contributed by atoms with E-state index in [-0.39, 0.29) is 30.9 Å². The molecule has 0 bridgehead atoms. The standard InChI is InChI=1S/C11H18O6/c1-6(12)14-5-7-8-9(10(13-4)15-7)17-11(2,3)16-8/h7-10H,5H2,1-4H3/t7-,8-,9-,10+/m0/s1. The molecular weight excluding hydrogens is 228 g/mol. The Morgan fingerprint density at radius 1 is 1.29 bits per heavy atom. The van der Waals surface area contributed by atoms with Gasteiger partial charge in [-0.15, -0.1) is 0 Å². The van der Waals surface area contributed by atoms with Crippen LogP contribution in [0.25, 0.3) is 0 Å². The van der Waals surface area contributed by atoms with Gasteiger partial charge in [-0.3, -0.25) is 4.79 Å². The van der Waals surface area contributed by atoms with E-state index in [0.717, 1.165) is 0 Å². The normalized spacial score (nSPS) is 39.1. The van der Waals surface area contributed by atoms with Crippen molar-refractivity contribution in [1.82, 2.24) is 0 Å². The van der Waals surface area contributed by atoms with Crippen molar-refractivity contribution in [2.45, 2.75) is 51.2 Å². The van der Waals surface area contributed by atoms with Crippen molar-refractivity contribution in [3.8, 4) is 0 Å². The molecule has 0 spiro atoms. The molecule has 0 saturated carbocycles. The average molecular weight is 246 g/mol. The Balaban J connectivity index is 2.02. The molecule has 0 radical (unpaired) electrons. The van der Waals surface area contributed by atoms with Crippen LogP contribution in [0.15, 0.2) is 0 Å². The van der Waals surface area contributed by atoms with E-state index < -0.39 is 12.1 Å². The van der Waals surface area contributed by atoms with E-state index >= 15 is 0 Å². The molecule has 2 aliphatic heterocycles. The summed E-state index contributed by atoms with van der Waals surface area (Å²) in [6, 6.07) is 0. The van der Waals surface area contributed by atoms with Crippen LogP contribution in [0.2, 0.25) is 0 Å². The fourth-order valence-electron chi connectivity index (χ4n) is 2.17. The molecule has 2 saturated heterocycles. The van der Waals surface area contributed by atoms with Gasteiger partial charge in [-0.25, -0.2) is 0 Å². The number of rotatable bonds is 3. The summed E-state index contributed by atoms with van der Waals surface area (Å²) < 4.78 is 27.1. The Morgan fingerprint density at radius 2 is 1.94 bits per heavy atom. The van der Waals surface area contributed by atoms with Gasteiger partial charge >= 0.3 is 5.97 Å². The molecule has 2 heterocycles. The van der Waals surface area contributed by atoms with E-state index in [0.29, 0.717) is 0 Å². The maximum Gasteiger partial charge on any atom is 0.302 e. The minimum atomic E-state index is -0.662. The Kier molecular flexibility index (Phi) is 3.40.